The van der Waals surface area contributed by atoms with Crippen molar-refractivity contribution in [2.45, 2.75) is 18.6 Å². The van der Waals surface area contributed by atoms with Crippen molar-refractivity contribution < 1.29 is 10.2 Å². The molecular formula is C9H12Cl2N2O2. The minimum absolute atomic E-state index is 0.130. The Morgan fingerprint density at radius 3 is 2.73 bits per heavy atom. The number of nitrogen functional groups attached to an aromatic ring is 1. The number of rotatable bonds is 4. The molecule has 0 radical (unpaired) electrons. The first-order valence-electron chi connectivity index (χ1n) is 4.39. The molecule has 0 amide bonds. The third-order valence-electron chi connectivity index (χ3n) is 1.98. The molecule has 0 saturated heterocycles. The van der Waals surface area contributed by atoms with Crippen molar-refractivity contribution in [3.8, 4) is 0 Å². The fourth-order valence-electron chi connectivity index (χ4n) is 1.17. The van der Waals surface area contributed by atoms with Crippen LogP contribution in [0.3, 0.4) is 0 Å². The quantitative estimate of drug-likeness (QED) is 0.557. The van der Waals surface area contributed by atoms with Crippen molar-refractivity contribution in [2.75, 3.05) is 11.6 Å². The number of nitrogens with zero attached hydrogens (tertiary/aromatic N) is 1. The predicted molar refractivity (Wildman–Crippen MR) is 60.0 cm³/mol. The number of hydrogen-bond acceptors (Lipinski definition) is 4. The Labute approximate surface area is 97.6 Å². The molecule has 1 aromatic rings. The lowest BCUT2D eigenvalue weighted by Gasteiger charge is -2.18. The van der Waals surface area contributed by atoms with Crippen LogP contribution in [-0.4, -0.2) is 27.2 Å². The molecule has 2 atom stereocenters. The zero-order chi connectivity index (χ0) is 11.4. The van der Waals surface area contributed by atoms with Gasteiger partial charge in [0.15, 0.2) is 0 Å². The van der Waals surface area contributed by atoms with E-state index in [0.717, 1.165) is 0 Å². The summed E-state index contributed by atoms with van der Waals surface area (Å²) in [5, 5.41) is 19.4. The molecule has 0 aliphatic heterocycles. The minimum atomic E-state index is -1.12. The second-order valence-electron chi connectivity index (χ2n) is 3.14. The molecule has 84 valence electrons. The number of hydrogen-bond donors (Lipinski definition) is 3. The number of halogens is 2. The number of aromatic nitrogens is 1. The molecule has 0 aliphatic rings. The number of aliphatic hydroxyl groups is 2. The molecule has 6 heteroatoms. The van der Waals surface area contributed by atoms with Crippen LogP contribution < -0.4 is 5.73 Å². The normalized spacial score (nSPS) is 14.9. The van der Waals surface area contributed by atoms with Crippen molar-refractivity contribution in [3.63, 3.8) is 0 Å². The van der Waals surface area contributed by atoms with Gasteiger partial charge in [0.2, 0.25) is 0 Å². The Morgan fingerprint density at radius 2 is 2.13 bits per heavy atom. The Kier molecular flexibility index (Phi) is 4.60. The first-order chi connectivity index (χ1) is 7.06. The fourth-order valence-corrected chi connectivity index (χ4v) is 1.61. The number of pyridine rings is 1. The molecule has 0 fully saturated rings. The highest BCUT2D eigenvalue weighted by molar-refractivity contribution is 6.30. The van der Waals surface area contributed by atoms with E-state index in [4.69, 9.17) is 28.9 Å². The maximum atomic E-state index is 9.74. The van der Waals surface area contributed by atoms with Gasteiger partial charge in [0.25, 0.3) is 0 Å². The fraction of sp³-hybridized carbons (Fsp3) is 0.444. The molecule has 4 nitrogen and oxygen atoms in total. The number of anilines is 1. The second-order valence-corrected chi connectivity index (χ2v) is 3.87. The van der Waals surface area contributed by atoms with Crippen LogP contribution in [0.1, 0.15) is 18.1 Å². The summed E-state index contributed by atoms with van der Waals surface area (Å²) in [5.41, 5.74) is 6.19. The highest BCUT2D eigenvalue weighted by atomic mass is 35.5. The lowest BCUT2D eigenvalue weighted by atomic mass is 10.0. The molecule has 0 saturated carbocycles. The summed E-state index contributed by atoms with van der Waals surface area (Å²) in [4.78, 5) is 3.78. The molecule has 1 heterocycles. The van der Waals surface area contributed by atoms with Gasteiger partial charge >= 0.3 is 0 Å². The van der Waals surface area contributed by atoms with Gasteiger partial charge in [-0.1, -0.05) is 11.6 Å². The Hall–Kier alpha value is -0.550. The maximum Gasteiger partial charge on any atom is 0.135 e. The summed E-state index contributed by atoms with van der Waals surface area (Å²) in [6.07, 6.45) is -0.434. The SMILES string of the molecule is Nc1cnc(Cl)c(C(O)C(O)CCCl)c1. The van der Waals surface area contributed by atoms with E-state index in [1.54, 1.807) is 0 Å². The Balaban J connectivity index is 2.89. The number of nitrogens with two attached hydrogens (primary N) is 1. The van der Waals surface area contributed by atoms with E-state index >= 15 is 0 Å². The summed E-state index contributed by atoms with van der Waals surface area (Å²) in [7, 11) is 0. The van der Waals surface area contributed by atoms with Crippen molar-refractivity contribution in [3.05, 3.63) is 23.0 Å². The predicted octanol–water partition coefficient (Wildman–Crippen LogP) is 1.34. The van der Waals surface area contributed by atoms with Gasteiger partial charge in [-0.3, -0.25) is 0 Å². The third-order valence-corrected chi connectivity index (χ3v) is 2.51. The molecule has 1 rings (SSSR count). The van der Waals surface area contributed by atoms with Gasteiger partial charge < -0.3 is 15.9 Å². The topological polar surface area (TPSA) is 79.4 Å². The molecule has 2 unspecified atom stereocenters. The number of alkyl halides is 1. The van der Waals surface area contributed by atoms with E-state index in [1.165, 1.54) is 12.3 Å². The van der Waals surface area contributed by atoms with Crippen molar-refractivity contribution in [1.29, 1.82) is 0 Å². The maximum absolute atomic E-state index is 9.74. The summed E-state index contributed by atoms with van der Waals surface area (Å²) in [6.45, 7) is 0. The summed E-state index contributed by atoms with van der Waals surface area (Å²) in [6, 6.07) is 1.48. The van der Waals surface area contributed by atoms with Crippen molar-refractivity contribution in [1.82, 2.24) is 4.98 Å². The summed E-state index contributed by atoms with van der Waals surface area (Å²) in [5.74, 6) is 0.256. The molecule has 0 aromatic carbocycles. The largest absolute Gasteiger partial charge is 0.397 e. The van der Waals surface area contributed by atoms with Crippen LogP contribution in [0.2, 0.25) is 5.15 Å². The van der Waals surface area contributed by atoms with Gasteiger partial charge in [-0.2, -0.15) is 0 Å². The van der Waals surface area contributed by atoms with E-state index in [0.29, 0.717) is 11.3 Å². The average Bonchev–Trinajstić information content (AvgIpc) is 2.21. The zero-order valence-electron chi connectivity index (χ0n) is 7.90. The van der Waals surface area contributed by atoms with Crippen LogP contribution in [0.4, 0.5) is 5.69 Å². The molecule has 0 bridgehead atoms. The Bertz CT molecular complexity index is 336. The Morgan fingerprint density at radius 1 is 1.47 bits per heavy atom. The van der Waals surface area contributed by atoms with Crippen LogP contribution in [0.15, 0.2) is 12.3 Å². The first kappa shape index (κ1) is 12.5. The van der Waals surface area contributed by atoms with Crippen LogP contribution in [0, 0.1) is 0 Å². The molecule has 0 spiro atoms. The van der Waals surface area contributed by atoms with Gasteiger partial charge in [0, 0.05) is 11.4 Å². The smallest absolute Gasteiger partial charge is 0.135 e. The highest BCUT2D eigenvalue weighted by Crippen LogP contribution is 2.26. The first-order valence-corrected chi connectivity index (χ1v) is 5.30. The lowest BCUT2D eigenvalue weighted by molar-refractivity contribution is 0.0169. The van der Waals surface area contributed by atoms with E-state index in [1.807, 2.05) is 0 Å². The molecular weight excluding hydrogens is 239 g/mol. The van der Waals surface area contributed by atoms with Crippen LogP contribution in [-0.2, 0) is 0 Å². The average molecular weight is 251 g/mol. The number of aliphatic hydroxyl groups excluding tert-OH is 2. The van der Waals surface area contributed by atoms with E-state index in [-0.39, 0.29) is 17.5 Å². The van der Waals surface area contributed by atoms with E-state index in [2.05, 4.69) is 4.98 Å². The summed E-state index contributed by atoms with van der Waals surface area (Å²) < 4.78 is 0. The molecule has 1 aromatic heterocycles. The summed E-state index contributed by atoms with van der Waals surface area (Å²) >= 11 is 11.2. The van der Waals surface area contributed by atoms with Gasteiger partial charge in [-0.25, -0.2) is 4.98 Å². The minimum Gasteiger partial charge on any atom is -0.397 e. The van der Waals surface area contributed by atoms with Crippen LogP contribution >= 0.6 is 23.2 Å². The van der Waals surface area contributed by atoms with E-state index < -0.39 is 12.2 Å². The van der Waals surface area contributed by atoms with Crippen LogP contribution in [0.25, 0.3) is 0 Å². The highest BCUT2D eigenvalue weighted by Gasteiger charge is 2.21. The van der Waals surface area contributed by atoms with Crippen LogP contribution in [0.5, 0.6) is 0 Å². The third kappa shape index (κ3) is 3.21. The van der Waals surface area contributed by atoms with Gasteiger partial charge in [-0.05, 0) is 12.5 Å². The molecule has 15 heavy (non-hydrogen) atoms. The van der Waals surface area contributed by atoms with E-state index in [9.17, 15) is 10.2 Å². The molecule has 0 aliphatic carbocycles. The van der Waals surface area contributed by atoms with Gasteiger partial charge in [0.05, 0.1) is 18.0 Å². The van der Waals surface area contributed by atoms with Gasteiger partial charge in [-0.15, -0.1) is 11.6 Å². The lowest BCUT2D eigenvalue weighted by Crippen LogP contribution is -2.19. The van der Waals surface area contributed by atoms with Gasteiger partial charge in [0.1, 0.15) is 11.3 Å². The molecule has 4 N–H and O–H groups in total. The van der Waals surface area contributed by atoms with Crippen molar-refractivity contribution in [2.24, 2.45) is 0 Å². The standard InChI is InChI=1S/C9H12Cl2N2O2/c10-2-1-7(14)8(15)6-3-5(12)4-13-9(6)11/h3-4,7-8,14-15H,1-2,12H2. The monoisotopic (exact) mass is 250 g/mol. The second kappa shape index (κ2) is 5.51. The zero-order valence-corrected chi connectivity index (χ0v) is 9.41. The van der Waals surface area contributed by atoms with Crippen molar-refractivity contribution >= 4 is 28.9 Å².